The van der Waals surface area contributed by atoms with Crippen molar-refractivity contribution in [2.24, 2.45) is 11.8 Å². The predicted octanol–water partition coefficient (Wildman–Crippen LogP) is 1.89. The second kappa shape index (κ2) is 6.40. The van der Waals surface area contributed by atoms with Crippen molar-refractivity contribution >= 4 is 11.8 Å². The van der Waals surface area contributed by atoms with Crippen molar-refractivity contribution in [3.8, 4) is 0 Å². The molecule has 0 N–H and O–H groups in total. The molecule has 0 aromatic rings. The normalized spacial score (nSPS) is 26.1. The molecule has 108 valence electrons. The van der Waals surface area contributed by atoms with Crippen LogP contribution in [0.15, 0.2) is 0 Å². The van der Waals surface area contributed by atoms with Gasteiger partial charge in [0.25, 0.3) is 0 Å². The molecule has 0 bridgehead atoms. The molecule has 4 heteroatoms. The van der Waals surface area contributed by atoms with Gasteiger partial charge in [0.05, 0.1) is 11.8 Å². The minimum absolute atomic E-state index is 0.0188. The lowest BCUT2D eigenvalue weighted by atomic mass is 10.1. The maximum Gasteiger partial charge on any atom is 0.226 e. The van der Waals surface area contributed by atoms with Crippen LogP contribution in [0.4, 0.5) is 0 Å². The van der Waals surface area contributed by atoms with Crippen LogP contribution in [-0.4, -0.2) is 48.3 Å². The summed E-state index contributed by atoms with van der Waals surface area (Å²) in [5, 5.41) is 0. The van der Waals surface area contributed by atoms with Gasteiger partial charge in [-0.2, -0.15) is 0 Å². The van der Waals surface area contributed by atoms with Crippen LogP contribution >= 0.6 is 0 Å². The molecule has 1 aliphatic carbocycles. The van der Waals surface area contributed by atoms with E-state index in [9.17, 15) is 9.59 Å². The Morgan fingerprint density at radius 2 is 1.84 bits per heavy atom. The highest BCUT2D eigenvalue weighted by Gasteiger charge is 2.50. The lowest BCUT2D eigenvalue weighted by Gasteiger charge is -2.27. The summed E-state index contributed by atoms with van der Waals surface area (Å²) >= 11 is 0. The summed E-state index contributed by atoms with van der Waals surface area (Å²) in [4.78, 5) is 28.2. The summed E-state index contributed by atoms with van der Waals surface area (Å²) in [6.07, 6.45) is 6.38. The largest absolute Gasteiger partial charge is 0.346 e. The molecule has 2 fully saturated rings. The van der Waals surface area contributed by atoms with E-state index in [0.29, 0.717) is 0 Å². The summed E-state index contributed by atoms with van der Waals surface area (Å²) in [6.45, 7) is 4.72. The molecule has 0 aromatic heterocycles. The number of amides is 2. The van der Waals surface area contributed by atoms with Crippen molar-refractivity contribution < 1.29 is 9.59 Å². The van der Waals surface area contributed by atoms with E-state index < -0.39 is 0 Å². The lowest BCUT2D eigenvalue weighted by Crippen LogP contribution is -2.38. The smallest absolute Gasteiger partial charge is 0.226 e. The monoisotopic (exact) mass is 266 g/mol. The highest BCUT2D eigenvalue weighted by Crippen LogP contribution is 2.41. The van der Waals surface area contributed by atoms with Gasteiger partial charge in [0.1, 0.15) is 0 Å². The van der Waals surface area contributed by atoms with E-state index >= 15 is 0 Å². The van der Waals surface area contributed by atoms with E-state index in [4.69, 9.17) is 0 Å². The molecule has 0 radical (unpaired) electrons. The zero-order valence-electron chi connectivity index (χ0n) is 12.2. The third kappa shape index (κ3) is 3.48. The molecule has 1 aliphatic heterocycles. The quantitative estimate of drug-likeness (QED) is 0.762. The van der Waals surface area contributed by atoms with Crippen molar-refractivity contribution in [1.82, 2.24) is 9.80 Å². The Bertz CT molecular complexity index is 337. The number of rotatable bonds is 5. The number of hydrogen-bond acceptors (Lipinski definition) is 2. The van der Waals surface area contributed by atoms with E-state index in [1.54, 1.807) is 4.90 Å². The molecule has 2 atom stereocenters. The molecular weight excluding hydrogens is 240 g/mol. The Hall–Kier alpha value is -1.06. The van der Waals surface area contributed by atoms with Crippen molar-refractivity contribution in [1.29, 1.82) is 0 Å². The second-order valence-corrected chi connectivity index (χ2v) is 5.95. The predicted molar refractivity (Wildman–Crippen MR) is 74.6 cm³/mol. The van der Waals surface area contributed by atoms with Crippen LogP contribution in [-0.2, 0) is 9.59 Å². The van der Waals surface area contributed by atoms with Crippen molar-refractivity contribution in [2.45, 2.75) is 45.4 Å². The minimum Gasteiger partial charge on any atom is -0.346 e. The first kappa shape index (κ1) is 14.4. The van der Waals surface area contributed by atoms with E-state index in [2.05, 4.69) is 6.92 Å². The van der Waals surface area contributed by atoms with Gasteiger partial charge in [-0.15, -0.1) is 0 Å². The molecular formula is C15H26N2O2. The Morgan fingerprint density at radius 1 is 1.16 bits per heavy atom. The van der Waals surface area contributed by atoms with Gasteiger partial charge in [-0.25, -0.2) is 0 Å². The summed E-state index contributed by atoms with van der Waals surface area (Å²) in [5.74, 6) is 0.344. The van der Waals surface area contributed by atoms with E-state index in [1.807, 2.05) is 11.9 Å². The fraction of sp³-hybridized carbons (Fsp3) is 0.867. The maximum atomic E-state index is 12.3. The van der Waals surface area contributed by atoms with E-state index in [0.717, 1.165) is 51.7 Å². The molecule has 2 rings (SSSR count). The Morgan fingerprint density at radius 3 is 2.47 bits per heavy atom. The molecule has 1 saturated carbocycles. The van der Waals surface area contributed by atoms with Crippen molar-refractivity contribution in [3.05, 3.63) is 0 Å². The van der Waals surface area contributed by atoms with Crippen LogP contribution < -0.4 is 0 Å². The maximum absolute atomic E-state index is 12.3. The Labute approximate surface area is 116 Å². The number of piperidine rings is 1. The number of hydrogen-bond donors (Lipinski definition) is 0. The van der Waals surface area contributed by atoms with Gasteiger partial charge in [0.15, 0.2) is 0 Å². The van der Waals surface area contributed by atoms with Crippen LogP contribution in [0.1, 0.15) is 45.4 Å². The van der Waals surface area contributed by atoms with Crippen LogP contribution in [0.5, 0.6) is 0 Å². The minimum atomic E-state index is -0.0312. The number of carbonyl (C=O) groups is 2. The summed E-state index contributed by atoms with van der Waals surface area (Å²) < 4.78 is 0. The van der Waals surface area contributed by atoms with E-state index in [-0.39, 0.29) is 23.7 Å². The number of nitrogens with zero attached hydrogens (tertiary/aromatic N) is 2. The second-order valence-electron chi connectivity index (χ2n) is 5.95. The van der Waals surface area contributed by atoms with Gasteiger partial charge in [0.2, 0.25) is 11.8 Å². The number of carbonyl (C=O) groups excluding carboxylic acids is 2. The SMILES string of the molecule is CCCCN(C)C(=O)C1CC1C(=O)N1CCCCC1. The highest BCUT2D eigenvalue weighted by atomic mass is 16.2. The number of unbranched alkanes of at least 4 members (excludes halogenated alkanes) is 1. The molecule has 2 unspecified atom stereocenters. The fourth-order valence-corrected chi connectivity index (χ4v) is 2.88. The Balaban J connectivity index is 1.79. The Kier molecular flexibility index (Phi) is 4.83. The average molecular weight is 266 g/mol. The van der Waals surface area contributed by atoms with Crippen LogP contribution in [0.3, 0.4) is 0 Å². The molecule has 2 amide bonds. The third-order valence-electron chi connectivity index (χ3n) is 4.32. The van der Waals surface area contributed by atoms with Gasteiger partial charge < -0.3 is 9.80 Å². The van der Waals surface area contributed by atoms with Gasteiger partial charge in [0, 0.05) is 26.7 Å². The van der Waals surface area contributed by atoms with Gasteiger partial charge >= 0.3 is 0 Å². The first-order valence-corrected chi connectivity index (χ1v) is 7.69. The average Bonchev–Trinajstić information content (AvgIpc) is 3.24. The van der Waals surface area contributed by atoms with Gasteiger partial charge in [-0.3, -0.25) is 9.59 Å². The zero-order valence-corrected chi connectivity index (χ0v) is 12.2. The molecule has 2 aliphatic rings. The van der Waals surface area contributed by atoms with Crippen LogP contribution in [0, 0.1) is 11.8 Å². The molecule has 0 aromatic carbocycles. The van der Waals surface area contributed by atoms with Gasteiger partial charge in [-0.1, -0.05) is 13.3 Å². The topological polar surface area (TPSA) is 40.6 Å². The summed E-state index contributed by atoms with van der Waals surface area (Å²) in [6, 6.07) is 0. The highest BCUT2D eigenvalue weighted by molar-refractivity contribution is 5.92. The summed E-state index contributed by atoms with van der Waals surface area (Å²) in [7, 11) is 1.86. The zero-order chi connectivity index (χ0) is 13.8. The molecule has 1 saturated heterocycles. The fourth-order valence-electron chi connectivity index (χ4n) is 2.88. The van der Waals surface area contributed by atoms with Crippen LogP contribution in [0.2, 0.25) is 0 Å². The van der Waals surface area contributed by atoms with Crippen molar-refractivity contribution in [3.63, 3.8) is 0 Å². The first-order chi connectivity index (χ1) is 9.15. The lowest BCUT2D eigenvalue weighted by molar-refractivity contribution is -0.137. The molecule has 19 heavy (non-hydrogen) atoms. The first-order valence-electron chi connectivity index (χ1n) is 7.69. The van der Waals surface area contributed by atoms with Gasteiger partial charge in [-0.05, 0) is 32.1 Å². The van der Waals surface area contributed by atoms with E-state index in [1.165, 1.54) is 6.42 Å². The number of likely N-dealkylation sites (tertiary alicyclic amines) is 1. The standard InChI is InChI=1S/C15H26N2O2/c1-3-4-8-16(2)14(18)12-11-13(12)15(19)17-9-6-5-7-10-17/h12-13H,3-11H2,1-2H3. The summed E-state index contributed by atoms with van der Waals surface area (Å²) in [5.41, 5.74) is 0. The molecule has 1 heterocycles. The third-order valence-corrected chi connectivity index (χ3v) is 4.32. The molecule has 0 spiro atoms. The van der Waals surface area contributed by atoms with Crippen molar-refractivity contribution in [2.75, 3.05) is 26.7 Å². The molecule has 4 nitrogen and oxygen atoms in total. The van der Waals surface area contributed by atoms with Crippen LogP contribution in [0.25, 0.3) is 0 Å².